The van der Waals surface area contributed by atoms with Crippen LogP contribution in [0.25, 0.3) is 11.5 Å². The van der Waals surface area contributed by atoms with Crippen LogP contribution in [-0.2, 0) is 6.54 Å². The quantitative estimate of drug-likeness (QED) is 0.864. The van der Waals surface area contributed by atoms with E-state index in [1.54, 1.807) is 11.3 Å². The SMILES string of the molecule is CC(C)NCc1nnc(-c2ccsc2)o1. The zero-order valence-electron chi connectivity index (χ0n) is 8.73. The van der Waals surface area contributed by atoms with Gasteiger partial charge in [0.05, 0.1) is 6.54 Å². The smallest absolute Gasteiger partial charge is 0.248 e. The third-order valence-corrected chi connectivity index (χ3v) is 2.58. The number of hydrogen-bond donors (Lipinski definition) is 1. The second-order valence-corrected chi connectivity index (χ2v) is 4.33. The molecular formula is C10H13N3OS. The van der Waals surface area contributed by atoms with Gasteiger partial charge in [-0.25, -0.2) is 0 Å². The van der Waals surface area contributed by atoms with Gasteiger partial charge < -0.3 is 9.73 Å². The Hall–Kier alpha value is -1.20. The van der Waals surface area contributed by atoms with Gasteiger partial charge in [-0.3, -0.25) is 0 Å². The Bertz CT molecular complexity index is 408. The van der Waals surface area contributed by atoms with E-state index >= 15 is 0 Å². The topological polar surface area (TPSA) is 51.0 Å². The molecule has 0 spiro atoms. The van der Waals surface area contributed by atoms with Crippen molar-refractivity contribution in [2.45, 2.75) is 26.4 Å². The van der Waals surface area contributed by atoms with Crippen molar-refractivity contribution in [1.29, 1.82) is 0 Å². The molecule has 0 aliphatic carbocycles. The zero-order valence-corrected chi connectivity index (χ0v) is 9.54. The van der Waals surface area contributed by atoms with Crippen molar-refractivity contribution in [3.8, 4) is 11.5 Å². The Kier molecular flexibility index (Phi) is 3.13. The Labute approximate surface area is 92.3 Å². The molecule has 0 bridgehead atoms. The summed E-state index contributed by atoms with van der Waals surface area (Å²) in [6.45, 7) is 4.78. The van der Waals surface area contributed by atoms with Crippen molar-refractivity contribution in [3.05, 3.63) is 22.7 Å². The lowest BCUT2D eigenvalue weighted by atomic mass is 10.3. The van der Waals surface area contributed by atoms with Crippen LogP contribution in [0.3, 0.4) is 0 Å². The lowest BCUT2D eigenvalue weighted by Crippen LogP contribution is -2.21. The third-order valence-electron chi connectivity index (χ3n) is 1.90. The van der Waals surface area contributed by atoms with E-state index in [-0.39, 0.29) is 0 Å². The number of aromatic nitrogens is 2. The largest absolute Gasteiger partial charge is 0.419 e. The van der Waals surface area contributed by atoms with Gasteiger partial charge in [-0.2, -0.15) is 11.3 Å². The Balaban J connectivity index is 2.04. The number of hydrogen-bond acceptors (Lipinski definition) is 5. The molecule has 1 N–H and O–H groups in total. The minimum atomic E-state index is 0.418. The summed E-state index contributed by atoms with van der Waals surface area (Å²) in [6, 6.07) is 2.39. The molecule has 2 rings (SSSR count). The van der Waals surface area contributed by atoms with E-state index in [1.165, 1.54) is 0 Å². The summed E-state index contributed by atoms with van der Waals surface area (Å²) in [4.78, 5) is 0. The normalized spacial score (nSPS) is 11.1. The van der Waals surface area contributed by atoms with Crippen molar-refractivity contribution in [2.24, 2.45) is 0 Å². The van der Waals surface area contributed by atoms with Gasteiger partial charge in [0.25, 0.3) is 0 Å². The molecule has 2 heterocycles. The second kappa shape index (κ2) is 4.55. The van der Waals surface area contributed by atoms with Crippen LogP contribution in [0.5, 0.6) is 0 Å². The maximum absolute atomic E-state index is 5.50. The minimum absolute atomic E-state index is 0.418. The van der Waals surface area contributed by atoms with Gasteiger partial charge in [0.15, 0.2) is 0 Å². The maximum atomic E-state index is 5.50. The number of nitrogens with zero attached hydrogens (tertiary/aromatic N) is 2. The monoisotopic (exact) mass is 223 g/mol. The van der Waals surface area contributed by atoms with Gasteiger partial charge in [0.1, 0.15) is 0 Å². The standard InChI is InChI=1S/C10H13N3OS/c1-7(2)11-5-9-12-13-10(14-9)8-3-4-15-6-8/h3-4,6-7,11H,5H2,1-2H3. The molecule has 0 saturated carbocycles. The fraction of sp³-hybridized carbons (Fsp3) is 0.400. The Morgan fingerprint density at radius 3 is 3.00 bits per heavy atom. The highest BCUT2D eigenvalue weighted by Gasteiger charge is 2.08. The minimum Gasteiger partial charge on any atom is -0.419 e. The highest BCUT2D eigenvalue weighted by molar-refractivity contribution is 7.08. The molecule has 80 valence electrons. The van der Waals surface area contributed by atoms with Crippen LogP contribution in [0.4, 0.5) is 0 Å². The second-order valence-electron chi connectivity index (χ2n) is 3.55. The first kappa shape index (κ1) is 10.3. The Morgan fingerprint density at radius 2 is 2.33 bits per heavy atom. The number of rotatable bonds is 4. The van der Waals surface area contributed by atoms with Crippen molar-refractivity contribution < 1.29 is 4.42 Å². The summed E-state index contributed by atoms with van der Waals surface area (Å²) >= 11 is 1.62. The molecule has 0 amide bonds. The van der Waals surface area contributed by atoms with Gasteiger partial charge >= 0.3 is 0 Å². The maximum Gasteiger partial charge on any atom is 0.248 e. The summed E-state index contributed by atoms with van der Waals surface area (Å²) < 4.78 is 5.50. The fourth-order valence-electron chi connectivity index (χ4n) is 1.12. The molecule has 0 radical (unpaired) electrons. The van der Waals surface area contributed by atoms with Crippen LogP contribution in [0.1, 0.15) is 19.7 Å². The van der Waals surface area contributed by atoms with Gasteiger partial charge in [-0.1, -0.05) is 13.8 Å². The molecule has 0 aliphatic rings. The zero-order chi connectivity index (χ0) is 10.7. The van der Waals surface area contributed by atoms with Crippen LogP contribution in [0.15, 0.2) is 21.2 Å². The number of nitrogens with one attached hydrogen (secondary N) is 1. The Morgan fingerprint density at radius 1 is 1.47 bits per heavy atom. The fourth-order valence-corrected chi connectivity index (χ4v) is 1.75. The molecule has 0 saturated heterocycles. The van der Waals surface area contributed by atoms with Crippen LogP contribution in [0, 0.1) is 0 Å². The van der Waals surface area contributed by atoms with Gasteiger partial charge in [0.2, 0.25) is 11.8 Å². The lowest BCUT2D eigenvalue weighted by Gasteiger charge is -2.03. The van der Waals surface area contributed by atoms with Crippen molar-refractivity contribution in [3.63, 3.8) is 0 Å². The number of thiophene rings is 1. The van der Waals surface area contributed by atoms with Crippen LogP contribution >= 0.6 is 11.3 Å². The molecule has 0 unspecified atom stereocenters. The van der Waals surface area contributed by atoms with Crippen molar-refractivity contribution in [1.82, 2.24) is 15.5 Å². The molecule has 2 aromatic heterocycles. The molecule has 2 aromatic rings. The first-order valence-corrected chi connectivity index (χ1v) is 5.78. The van der Waals surface area contributed by atoms with Gasteiger partial charge in [0, 0.05) is 17.0 Å². The molecule has 0 atom stereocenters. The average molecular weight is 223 g/mol. The van der Waals surface area contributed by atoms with E-state index in [4.69, 9.17) is 4.42 Å². The van der Waals surface area contributed by atoms with E-state index in [0.717, 1.165) is 5.56 Å². The molecule has 0 aromatic carbocycles. The summed E-state index contributed by atoms with van der Waals surface area (Å²) in [5.74, 6) is 1.22. The highest BCUT2D eigenvalue weighted by atomic mass is 32.1. The van der Waals surface area contributed by atoms with E-state index in [0.29, 0.717) is 24.4 Å². The molecule has 4 nitrogen and oxygen atoms in total. The molecule has 5 heteroatoms. The van der Waals surface area contributed by atoms with Gasteiger partial charge in [-0.15, -0.1) is 10.2 Å². The lowest BCUT2D eigenvalue weighted by molar-refractivity contribution is 0.459. The van der Waals surface area contributed by atoms with Crippen molar-refractivity contribution >= 4 is 11.3 Å². The predicted molar refractivity (Wildman–Crippen MR) is 59.6 cm³/mol. The summed E-state index contributed by atoms with van der Waals surface area (Å²) in [5, 5.41) is 15.2. The van der Waals surface area contributed by atoms with E-state index in [2.05, 4.69) is 29.4 Å². The van der Waals surface area contributed by atoms with E-state index in [1.807, 2.05) is 16.8 Å². The first-order valence-electron chi connectivity index (χ1n) is 4.84. The van der Waals surface area contributed by atoms with E-state index < -0.39 is 0 Å². The summed E-state index contributed by atoms with van der Waals surface area (Å²) in [6.07, 6.45) is 0. The molecular weight excluding hydrogens is 210 g/mol. The molecule has 15 heavy (non-hydrogen) atoms. The van der Waals surface area contributed by atoms with Crippen molar-refractivity contribution in [2.75, 3.05) is 0 Å². The van der Waals surface area contributed by atoms with Gasteiger partial charge in [-0.05, 0) is 11.4 Å². The first-order chi connectivity index (χ1) is 7.25. The summed E-state index contributed by atoms with van der Waals surface area (Å²) in [7, 11) is 0. The van der Waals surface area contributed by atoms with Crippen LogP contribution in [-0.4, -0.2) is 16.2 Å². The van der Waals surface area contributed by atoms with Crippen LogP contribution < -0.4 is 5.32 Å². The van der Waals surface area contributed by atoms with E-state index in [9.17, 15) is 0 Å². The van der Waals surface area contributed by atoms with Crippen LogP contribution in [0.2, 0.25) is 0 Å². The third kappa shape index (κ3) is 2.64. The molecule has 0 aliphatic heterocycles. The predicted octanol–water partition coefficient (Wildman–Crippen LogP) is 2.30. The summed E-state index contributed by atoms with van der Waals surface area (Å²) in [5.41, 5.74) is 0.989. The average Bonchev–Trinajstić information content (AvgIpc) is 2.85. The highest BCUT2D eigenvalue weighted by Crippen LogP contribution is 2.20. The molecule has 0 fully saturated rings.